The molecular formula is C66H42N2O. The van der Waals surface area contributed by atoms with Gasteiger partial charge in [-0.3, -0.25) is 0 Å². The molecule has 0 atom stereocenters. The minimum absolute atomic E-state index is 0.910. The molecule has 0 radical (unpaired) electrons. The van der Waals surface area contributed by atoms with Gasteiger partial charge in [0.25, 0.3) is 0 Å². The molecule has 12 aromatic carbocycles. The van der Waals surface area contributed by atoms with E-state index in [1.165, 1.54) is 65.3 Å². The maximum Gasteiger partial charge on any atom is 0.143 e. The van der Waals surface area contributed by atoms with E-state index in [-0.39, 0.29) is 0 Å². The zero-order chi connectivity index (χ0) is 45.4. The average molecular weight is 879 g/mol. The van der Waals surface area contributed by atoms with Crippen LogP contribution in [-0.2, 0) is 0 Å². The summed E-state index contributed by atoms with van der Waals surface area (Å²) in [6.45, 7) is 0. The van der Waals surface area contributed by atoms with Crippen molar-refractivity contribution in [2.24, 2.45) is 0 Å². The van der Waals surface area contributed by atoms with E-state index in [0.717, 1.165) is 66.9 Å². The number of hydrogen-bond acceptors (Lipinski definition) is 2. The number of aromatic nitrogens is 1. The Kier molecular flexibility index (Phi) is 8.90. The molecule has 0 saturated carbocycles. The van der Waals surface area contributed by atoms with Crippen molar-refractivity contribution in [2.45, 2.75) is 0 Å². The monoisotopic (exact) mass is 878 g/mol. The van der Waals surface area contributed by atoms with Gasteiger partial charge < -0.3 is 13.9 Å². The van der Waals surface area contributed by atoms with E-state index >= 15 is 0 Å². The van der Waals surface area contributed by atoms with Gasteiger partial charge in [-0.1, -0.05) is 176 Å². The highest BCUT2D eigenvalue weighted by Crippen LogP contribution is 2.42. The zero-order valence-corrected chi connectivity index (χ0v) is 37.6. The number of rotatable bonds is 7. The van der Waals surface area contributed by atoms with Crippen LogP contribution in [-0.4, -0.2) is 4.57 Å². The Morgan fingerprint density at radius 2 is 0.725 bits per heavy atom. The summed E-state index contributed by atoms with van der Waals surface area (Å²) in [5.74, 6) is 0. The lowest BCUT2D eigenvalue weighted by atomic mass is 9.94. The van der Waals surface area contributed by atoms with Gasteiger partial charge in [0.05, 0.1) is 11.0 Å². The molecule has 2 aromatic heterocycles. The Bertz CT molecular complexity index is 4210. The minimum Gasteiger partial charge on any atom is -0.455 e. The third kappa shape index (κ3) is 6.36. The summed E-state index contributed by atoms with van der Waals surface area (Å²) in [6, 6.07) is 92.4. The fourth-order valence-corrected chi connectivity index (χ4v) is 10.9. The van der Waals surface area contributed by atoms with Crippen molar-refractivity contribution in [3.05, 3.63) is 255 Å². The van der Waals surface area contributed by atoms with Crippen LogP contribution in [0.4, 0.5) is 17.1 Å². The molecule has 2 heterocycles. The van der Waals surface area contributed by atoms with Crippen LogP contribution in [0.15, 0.2) is 259 Å². The maximum atomic E-state index is 6.43. The van der Waals surface area contributed by atoms with E-state index in [4.69, 9.17) is 4.42 Å². The third-order valence-corrected chi connectivity index (χ3v) is 14.2. The van der Waals surface area contributed by atoms with Crippen LogP contribution in [0.2, 0.25) is 0 Å². The Labute approximate surface area is 399 Å². The highest BCUT2D eigenvalue weighted by atomic mass is 16.3. The fourth-order valence-electron chi connectivity index (χ4n) is 10.9. The van der Waals surface area contributed by atoms with Gasteiger partial charge in [0.2, 0.25) is 0 Å². The minimum atomic E-state index is 0.910. The molecule has 0 bridgehead atoms. The number of para-hydroxylation sites is 4. The van der Waals surface area contributed by atoms with Gasteiger partial charge in [-0.25, -0.2) is 0 Å². The van der Waals surface area contributed by atoms with Gasteiger partial charge in [0.1, 0.15) is 11.2 Å². The number of furan rings is 1. The summed E-state index contributed by atoms with van der Waals surface area (Å²) in [7, 11) is 0. The summed E-state index contributed by atoms with van der Waals surface area (Å²) >= 11 is 0. The van der Waals surface area contributed by atoms with E-state index in [2.05, 4.69) is 252 Å². The average Bonchev–Trinajstić information content (AvgIpc) is 3.97. The highest BCUT2D eigenvalue weighted by molar-refractivity contribution is 6.26. The van der Waals surface area contributed by atoms with Crippen LogP contribution < -0.4 is 4.90 Å². The molecule has 0 saturated heterocycles. The van der Waals surface area contributed by atoms with Gasteiger partial charge >= 0.3 is 0 Å². The normalized spacial score (nSPS) is 11.8. The largest absolute Gasteiger partial charge is 0.455 e. The number of nitrogens with zero attached hydrogens (tertiary/aromatic N) is 2. The van der Waals surface area contributed by atoms with E-state index in [1.807, 2.05) is 12.1 Å². The van der Waals surface area contributed by atoms with Crippen LogP contribution in [0, 0.1) is 0 Å². The topological polar surface area (TPSA) is 21.3 Å². The van der Waals surface area contributed by atoms with Crippen molar-refractivity contribution >= 4 is 93.1 Å². The van der Waals surface area contributed by atoms with Gasteiger partial charge in [0.15, 0.2) is 0 Å². The Morgan fingerprint density at radius 3 is 1.32 bits per heavy atom. The molecule has 3 heteroatoms. The first-order valence-corrected chi connectivity index (χ1v) is 23.7. The third-order valence-electron chi connectivity index (χ3n) is 14.2. The molecule has 0 N–H and O–H groups in total. The fraction of sp³-hybridized carbons (Fsp3) is 0. The first-order chi connectivity index (χ1) is 34.2. The number of anilines is 3. The molecule has 322 valence electrons. The molecule has 0 unspecified atom stereocenters. The van der Waals surface area contributed by atoms with Crippen molar-refractivity contribution in [3.8, 4) is 39.1 Å². The summed E-state index contributed by atoms with van der Waals surface area (Å²) in [5.41, 5.74) is 15.5. The molecule has 0 aliphatic carbocycles. The van der Waals surface area contributed by atoms with E-state index in [9.17, 15) is 0 Å². The second kappa shape index (κ2) is 15.7. The van der Waals surface area contributed by atoms with Gasteiger partial charge in [-0.2, -0.15) is 0 Å². The smallest absolute Gasteiger partial charge is 0.143 e. The van der Waals surface area contributed by atoms with E-state index in [1.54, 1.807) is 0 Å². The van der Waals surface area contributed by atoms with Crippen LogP contribution in [0.1, 0.15) is 0 Å². The Balaban J connectivity index is 0.918. The van der Waals surface area contributed by atoms with Gasteiger partial charge in [-0.05, 0) is 139 Å². The second-order valence-corrected chi connectivity index (χ2v) is 18.0. The van der Waals surface area contributed by atoms with Crippen molar-refractivity contribution < 1.29 is 4.42 Å². The van der Waals surface area contributed by atoms with Crippen LogP contribution in [0.3, 0.4) is 0 Å². The predicted molar refractivity (Wildman–Crippen MR) is 292 cm³/mol. The maximum absolute atomic E-state index is 6.43. The molecule has 14 aromatic rings. The summed E-state index contributed by atoms with van der Waals surface area (Å²) in [6.07, 6.45) is 0. The van der Waals surface area contributed by atoms with Crippen LogP contribution in [0.25, 0.3) is 115 Å². The summed E-state index contributed by atoms with van der Waals surface area (Å²) < 4.78 is 8.89. The van der Waals surface area contributed by atoms with Crippen LogP contribution >= 0.6 is 0 Å². The first kappa shape index (κ1) is 39.0. The van der Waals surface area contributed by atoms with Gasteiger partial charge in [0, 0.05) is 49.9 Å². The van der Waals surface area contributed by atoms with Crippen LogP contribution in [0.5, 0.6) is 0 Å². The van der Waals surface area contributed by atoms with Gasteiger partial charge in [-0.15, -0.1) is 0 Å². The predicted octanol–water partition coefficient (Wildman–Crippen LogP) is 18.6. The summed E-state index contributed by atoms with van der Waals surface area (Å²) in [4.78, 5) is 2.31. The molecule has 0 amide bonds. The molecule has 0 fully saturated rings. The Morgan fingerprint density at radius 1 is 0.275 bits per heavy atom. The standard InChI is InChI=1S/C66H42N2O/c1-3-14-48(15-4-1)67(49-16-5-2-6-17-49)50-34-30-44(31-35-50)47-33-39-64-62(41-47)61-40-46(43-26-28-45(29-27-43)52-23-13-24-59-58-22-11-12-25-65(58)69-66(52)59)32-38-63(61)68(64)51-36-37-57-55-20-8-7-18-53(55)54-19-9-10-21-56(54)60(57)42-51/h1-42H. The van der Waals surface area contributed by atoms with Crippen molar-refractivity contribution in [2.75, 3.05) is 4.90 Å². The summed E-state index contributed by atoms with van der Waals surface area (Å²) in [5, 5.41) is 12.3. The molecule has 0 spiro atoms. The number of fused-ring (bicyclic) bond motifs is 12. The lowest BCUT2D eigenvalue weighted by Crippen LogP contribution is -2.09. The lowest BCUT2D eigenvalue weighted by Gasteiger charge is -2.25. The molecular weight excluding hydrogens is 837 g/mol. The highest BCUT2D eigenvalue weighted by Gasteiger charge is 2.19. The zero-order valence-electron chi connectivity index (χ0n) is 37.6. The Hall–Kier alpha value is -9.18. The molecule has 14 rings (SSSR count). The van der Waals surface area contributed by atoms with Crippen molar-refractivity contribution in [3.63, 3.8) is 0 Å². The second-order valence-electron chi connectivity index (χ2n) is 18.0. The number of hydrogen-bond donors (Lipinski definition) is 0. The quantitative estimate of drug-likeness (QED) is 0.149. The molecule has 3 nitrogen and oxygen atoms in total. The molecule has 0 aliphatic heterocycles. The SMILES string of the molecule is c1ccc(N(c2ccccc2)c2ccc(-c3ccc4c(c3)c3cc(-c5ccc(-c6cccc7c6oc6ccccc67)cc5)ccc3n4-c3ccc4c5ccccc5c5ccccc5c4c3)cc2)cc1. The van der Waals surface area contributed by atoms with E-state index in [0.29, 0.717) is 0 Å². The van der Waals surface area contributed by atoms with Crippen molar-refractivity contribution in [1.29, 1.82) is 0 Å². The van der Waals surface area contributed by atoms with Crippen molar-refractivity contribution in [1.82, 2.24) is 4.57 Å². The number of benzene rings is 12. The molecule has 0 aliphatic rings. The lowest BCUT2D eigenvalue weighted by molar-refractivity contribution is 0.670. The first-order valence-electron chi connectivity index (χ1n) is 23.7. The van der Waals surface area contributed by atoms with E-state index < -0.39 is 0 Å². The molecule has 69 heavy (non-hydrogen) atoms.